The van der Waals surface area contributed by atoms with Gasteiger partial charge in [-0.15, -0.1) is 0 Å². The highest BCUT2D eigenvalue weighted by atomic mass is 35.5. The summed E-state index contributed by atoms with van der Waals surface area (Å²) in [4.78, 5) is 22.7. The number of hydrogen-bond acceptors (Lipinski definition) is 5. The zero-order valence-electron chi connectivity index (χ0n) is 13.7. The molecule has 0 bridgehead atoms. The number of amides is 1. The molecule has 0 unspecified atom stereocenters. The fourth-order valence-corrected chi connectivity index (χ4v) is 2.82. The molecular formula is C16H14ClF4N5O. The van der Waals surface area contributed by atoms with Gasteiger partial charge in [0.2, 0.25) is 11.7 Å². The Balaban J connectivity index is 1.71. The highest BCUT2D eigenvalue weighted by Gasteiger charge is 2.34. The topological polar surface area (TPSA) is 79.8 Å². The number of hydrogen-bond donors (Lipinski definition) is 2. The van der Waals surface area contributed by atoms with Crippen molar-refractivity contribution in [1.29, 1.82) is 0 Å². The molecule has 144 valence electrons. The number of pyridine rings is 1. The summed E-state index contributed by atoms with van der Waals surface area (Å²) >= 11 is 6.06. The van der Waals surface area contributed by atoms with E-state index < -0.39 is 24.2 Å². The molecule has 1 aliphatic rings. The molecular weight excluding hydrogens is 390 g/mol. The third kappa shape index (κ3) is 4.69. The highest BCUT2D eigenvalue weighted by Crippen LogP contribution is 2.30. The summed E-state index contributed by atoms with van der Waals surface area (Å²) in [6.07, 6.45) is -2.23. The Kier molecular flexibility index (Phi) is 5.56. The highest BCUT2D eigenvalue weighted by molar-refractivity contribution is 6.33. The summed E-state index contributed by atoms with van der Waals surface area (Å²) in [6.45, 7) is 0.189. The zero-order chi connectivity index (χ0) is 19.6. The van der Waals surface area contributed by atoms with E-state index in [0.29, 0.717) is 11.3 Å². The summed E-state index contributed by atoms with van der Waals surface area (Å²) in [5.41, 5.74) is 1.09. The first kappa shape index (κ1) is 19.4. The van der Waals surface area contributed by atoms with Gasteiger partial charge in [0.25, 0.3) is 0 Å². The van der Waals surface area contributed by atoms with Gasteiger partial charge in [0.05, 0.1) is 23.3 Å². The lowest BCUT2D eigenvalue weighted by atomic mass is 10.1. The fourth-order valence-electron chi connectivity index (χ4n) is 2.61. The second-order valence-corrected chi connectivity index (χ2v) is 6.37. The van der Waals surface area contributed by atoms with Crippen LogP contribution in [0.15, 0.2) is 24.7 Å². The van der Waals surface area contributed by atoms with Crippen molar-refractivity contribution in [2.45, 2.75) is 31.4 Å². The van der Waals surface area contributed by atoms with Crippen molar-refractivity contribution in [2.24, 2.45) is 0 Å². The van der Waals surface area contributed by atoms with Crippen LogP contribution >= 0.6 is 11.6 Å². The molecule has 1 amide bonds. The predicted octanol–water partition coefficient (Wildman–Crippen LogP) is 2.53. The average Bonchev–Trinajstić information content (AvgIpc) is 3.07. The van der Waals surface area contributed by atoms with Crippen LogP contribution in [0.3, 0.4) is 0 Å². The summed E-state index contributed by atoms with van der Waals surface area (Å²) < 4.78 is 50.8. The lowest BCUT2D eigenvalue weighted by Gasteiger charge is -2.12. The van der Waals surface area contributed by atoms with Crippen LogP contribution in [0, 0.1) is 0 Å². The first-order chi connectivity index (χ1) is 12.7. The second-order valence-electron chi connectivity index (χ2n) is 5.96. The molecule has 2 aromatic heterocycles. The normalized spacial score (nSPS) is 19.9. The quantitative estimate of drug-likeness (QED) is 0.767. The first-order valence-electron chi connectivity index (χ1n) is 7.93. The van der Waals surface area contributed by atoms with E-state index >= 15 is 0 Å². The Morgan fingerprint density at radius 1 is 1.26 bits per heavy atom. The molecule has 1 fully saturated rings. The van der Waals surface area contributed by atoms with E-state index in [4.69, 9.17) is 11.6 Å². The number of carbonyl (C=O) groups excluding carboxylic acids is 1. The minimum atomic E-state index is -4.64. The van der Waals surface area contributed by atoms with E-state index in [0.717, 1.165) is 12.4 Å². The van der Waals surface area contributed by atoms with Crippen LogP contribution in [0.25, 0.3) is 11.1 Å². The van der Waals surface area contributed by atoms with E-state index in [1.165, 1.54) is 12.3 Å². The standard InChI is InChI=1S/C16H14ClF4N5O/c17-12-7-22-10(6-24-14(27)13-1-9(18)5-23-13)2-11(12)8-3-25-15(26-4-8)16(19,20)21/h2-4,7,9,13,23H,1,5-6H2,(H,24,27)/t9-,13-/m1/s1. The molecule has 6 nitrogen and oxygen atoms in total. The van der Waals surface area contributed by atoms with Crippen LogP contribution < -0.4 is 10.6 Å². The van der Waals surface area contributed by atoms with Crippen molar-refractivity contribution in [2.75, 3.05) is 6.54 Å². The van der Waals surface area contributed by atoms with Crippen molar-refractivity contribution in [1.82, 2.24) is 25.6 Å². The van der Waals surface area contributed by atoms with E-state index in [2.05, 4.69) is 25.6 Å². The Morgan fingerprint density at radius 2 is 1.96 bits per heavy atom. The van der Waals surface area contributed by atoms with Gasteiger partial charge in [-0.1, -0.05) is 11.6 Å². The molecule has 2 N–H and O–H groups in total. The second kappa shape index (κ2) is 7.73. The van der Waals surface area contributed by atoms with E-state index in [1.807, 2.05) is 0 Å². The molecule has 3 heterocycles. The SMILES string of the molecule is O=C(NCc1cc(-c2cnc(C(F)(F)F)nc2)c(Cl)cn1)[C@H]1C[C@@H](F)CN1. The molecule has 2 atom stereocenters. The Morgan fingerprint density at radius 3 is 2.56 bits per heavy atom. The van der Waals surface area contributed by atoms with Gasteiger partial charge in [-0.05, 0) is 6.07 Å². The van der Waals surface area contributed by atoms with Gasteiger partial charge < -0.3 is 10.6 Å². The Labute approximate surface area is 156 Å². The lowest BCUT2D eigenvalue weighted by Crippen LogP contribution is -2.40. The Hall–Kier alpha value is -2.33. The van der Waals surface area contributed by atoms with Gasteiger partial charge in [0, 0.05) is 42.7 Å². The summed E-state index contributed by atoms with van der Waals surface area (Å²) in [6, 6.07) is 0.921. The molecule has 1 aliphatic heterocycles. The van der Waals surface area contributed by atoms with Crippen LogP contribution in [0.2, 0.25) is 5.02 Å². The fraction of sp³-hybridized carbons (Fsp3) is 0.375. The molecule has 0 aliphatic carbocycles. The number of aromatic nitrogens is 3. The van der Waals surface area contributed by atoms with Gasteiger partial charge in [0.1, 0.15) is 6.17 Å². The van der Waals surface area contributed by atoms with Crippen molar-refractivity contribution < 1.29 is 22.4 Å². The van der Waals surface area contributed by atoms with Gasteiger partial charge >= 0.3 is 6.18 Å². The smallest absolute Gasteiger partial charge is 0.349 e. The predicted molar refractivity (Wildman–Crippen MR) is 88.4 cm³/mol. The Bertz CT molecular complexity index is 831. The van der Waals surface area contributed by atoms with E-state index in [9.17, 15) is 22.4 Å². The van der Waals surface area contributed by atoms with Crippen molar-refractivity contribution in [3.63, 3.8) is 0 Å². The number of nitrogens with one attached hydrogen (secondary N) is 2. The largest absolute Gasteiger partial charge is 0.451 e. The van der Waals surface area contributed by atoms with Crippen LogP contribution in [0.5, 0.6) is 0 Å². The lowest BCUT2D eigenvalue weighted by molar-refractivity contribution is -0.145. The maximum absolute atomic E-state index is 13.1. The number of halogens is 5. The number of alkyl halides is 4. The summed E-state index contributed by atoms with van der Waals surface area (Å²) in [5.74, 6) is -1.61. The molecule has 1 saturated heterocycles. The minimum absolute atomic E-state index is 0.0552. The molecule has 0 aromatic carbocycles. The van der Waals surface area contributed by atoms with Crippen molar-refractivity contribution in [3.8, 4) is 11.1 Å². The molecule has 27 heavy (non-hydrogen) atoms. The van der Waals surface area contributed by atoms with Gasteiger partial charge in [-0.2, -0.15) is 13.2 Å². The molecule has 0 radical (unpaired) electrons. The van der Waals surface area contributed by atoms with Crippen molar-refractivity contribution in [3.05, 3.63) is 41.2 Å². The van der Waals surface area contributed by atoms with E-state index in [-0.39, 0.29) is 36.0 Å². The summed E-state index contributed by atoms with van der Waals surface area (Å²) in [5, 5.41) is 5.60. The average molecular weight is 404 g/mol. The van der Waals surface area contributed by atoms with Gasteiger partial charge in [-0.3, -0.25) is 9.78 Å². The molecule has 11 heteroatoms. The third-order valence-electron chi connectivity index (χ3n) is 3.97. The monoisotopic (exact) mass is 403 g/mol. The van der Waals surface area contributed by atoms with Crippen LogP contribution in [-0.4, -0.2) is 39.6 Å². The maximum Gasteiger partial charge on any atom is 0.451 e. The zero-order valence-corrected chi connectivity index (χ0v) is 14.5. The molecule has 3 rings (SSSR count). The maximum atomic E-state index is 13.1. The van der Waals surface area contributed by atoms with Gasteiger partial charge in [0.15, 0.2) is 0 Å². The number of rotatable bonds is 4. The molecule has 0 spiro atoms. The van der Waals surface area contributed by atoms with E-state index in [1.54, 1.807) is 0 Å². The molecule has 0 saturated carbocycles. The minimum Gasteiger partial charge on any atom is -0.349 e. The van der Waals surface area contributed by atoms with Crippen molar-refractivity contribution >= 4 is 17.5 Å². The van der Waals surface area contributed by atoms with Crippen LogP contribution in [0.4, 0.5) is 17.6 Å². The third-order valence-corrected chi connectivity index (χ3v) is 4.27. The number of nitrogens with zero attached hydrogens (tertiary/aromatic N) is 3. The van der Waals surface area contributed by atoms with Crippen LogP contribution in [-0.2, 0) is 17.5 Å². The van der Waals surface area contributed by atoms with Crippen LogP contribution in [0.1, 0.15) is 17.9 Å². The van der Waals surface area contributed by atoms with Gasteiger partial charge in [-0.25, -0.2) is 14.4 Å². The first-order valence-corrected chi connectivity index (χ1v) is 8.31. The number of carbonyl (C=O) groups is 1. The molecule has 2 aromatic rings. The summed E-state index contributed by atoms with van der Waals surface area (Å²) in [7, 11) is 0.